The third kappa shape index (κ3) is 3.98. The number of carbonyl (C=O) groups excluding carboxylic acids is 1. The highest BCUT2D eigenvalue weighted by molar-refractivity contribution is 5.94. The monoisotopic (exact) mass is 343 g/mol. The lowest BCUT2D eigenvalue weighted by Gasteiger charge is -2.21. The van der Waals surface area contributed by atoms with Crippen molar-refractivity contribution in [3.05, 3.63) is 24.0 Å². The Hall–Kier alpha value is -1.83. The number of hydrogen-bond acceptors (Lipinski definition) is 4. The second-order valence-electron chi connectivity index (χ2n) is 6.30. The largest absolute Gasteiger partial charge is 0.482 e. The molecule has 5 nitrogen and oxygen atoms in total. The molecule has 8 heteroatoms. The van der Waals surface area contributed by atoms with E-state index in [1.165, 1.54) is 18.3 Å². The fraction of sp³-hybridized carbons (Fsp3) is 0.625. The molecule has 2 aliphatic rings. The highest BCUT2D eigenvalue weighted by atomic mass is 19.4. The molecular weight excluding hydrogens is 323 g/mol. The summed E-state index contributed by atoms with van der Waals surface area (Å²) in [6.45, 7) is 1.69. The van der Waals surface area contributed by atoms with E-state index in [1.807, 2.05) is 0 Å². The number of carbonyl (C=O) groups is 1. The number of nitrogens with one attached hydrogen (secondary N) is 1. The van der Waals surface area contributed by atoms with Crippen molar-refractivity contribution in [2.45, 2.75) is 19.0 Å². The van der Waals surface area contributed by atoms with Gasteiger partial charge in [0.05, 0.1) is 0 Å². The Balaban J connectivity index is 1.70. The zero-order chi connectivity index (χ0) is 17.2. The van der Waals surface area contributed by atoms with Gasteiger partial charge < -0.3 is 15.0 Å². The minimum absolute atomic E-state index is 0.0491. The summed E-state index contributed by atoms with van der Waals surface area (Å²) in [4.78, 5) is 18.3. The van der Waals surface area contributed by atoms with E-state index < -0.39 is 12.8 Å². The fourth-order valence-corrected chi connectivity index (χ4v) is 3.40. The van der Waals surface area contributed by atoms with Crippen LogP contribution in [-0.2, 0) is 0 Å². The van der Waals surface area contributed by atoms with Crippen LogP contribution in [0.3, 0.4) is 0 Å². The molecule has 132 valence electrons. The highest BCUT2D eigenvalue weighted by Gasteiger charge is 2.33. The highest BCUT2D eigenvalue weighted by Crippen LogP contribution is 2.28. The molecule has 0 bridgehead atoms. The molecule has 3 heterocycles. The first-order chi connectivity index (χ1) is 11.4. The maximum atomic E-state index is 12.7. The summed E-state index contributed by atoms with van der Waals surface area (Å²) in [7, 11) is 0. The SMILES string of the molecule is O=C(c1ncccc1OCC(F)(F)F)N1CC[C@@H]2CNC[C@@H]2CC1. The smallest absolute Gasteiger partial charge is 0.422 e. The number of nitrogens with zero attached hydrogens (tertiary/aromatic N) is 2. The van der Waals surface area contributed by atoms with Crippen LogP contribution in [0, 0.1) is 11.8 Å². The van der Waals surface area contributed by atoms with E-state index in [9.17, 15) is 18.0 Å². The lowest BCUT2D eigenvalue weighted by molar-refractivity contribution is -0.153. The second kappa shape index (κ2) is 6.96. The zero-order valence-corrected chi connectivity index (χ0v) is 13.2. The molecule has 2 aliphatic heterocycles. The van der Waals surface area contributed by atoms with Gasteiger partial charge in [-0.2, -0.15) is 13.2 Å². The molecule has 24 heavy (non-hydrogen) atoms. The van der Waals surface area contributed by atoms with Gasteiger partial charge in [-0.15, -0.1) is 0 Å². The van der Waals surface area contributed by atoms with E-state index in [1.54, 1.807) is 4.90 Å². The second-order valence-corrected chi connectivity index (χ2v) is 6.30. The number of ether oxygens (including phenoxy) is 1. The van der Waals surface area contributed by atoms with Crippen molar-refractivity contribution < 1.29 is 22.7 Å². The topological polar surface area (TPSA) is 54.5 Å². The van der Waals surface area contributed by atoms with Crippen LogP contribution in [0.1, 0.15) is 23.3 Å². The van der Waals surface area contributed by atoms with Crippen molar-refractivity contribution in [1.29, 1.82) is 0 Å². The van der Waals surface area contributed by atoms with Crippen LogP contribution in [0.2, 0.25) is 0 Å². The summed E-state index contributed by atoms with van der Waals surface area (Å²) >= 11 is 0. The lowest BCUT2D eigenvalue weighted by atomic mass is 9.92. The van der Waals surface area contributed by atoms with Crippen molar-refractivity contribution in [2.75, 3.05) is 32.8 Å². The summed E-state index contributed by atoms with van der Waals surface area (Å²) in [6.07, 6.45) is -1.27. The van der Waals surface area contributed by atoms with Crippen LogP contribution in [0.15, 0.2) is 18.3 Å². The third-order valence-electron chi connectivity index (χ3n) is 4.67. The van der Waals surface area contributed by atoms with E-state index in [4.69, 9.17) is 4.74 Å². The van der Waals surface area contributed by atoms with E-state index in [-0.39, 0.29) is 17.4 Å². The van der Waals surface area contributed by atoms with Gasteiger partial charge in [-0.25, -0.2) is 4.98 Å². The van der Waals surface area contributed by atoms with Gasteiger partial charge >= 0.3 is 6.18 Å². The Kier molecular flexibility index (Phi) is 4.93. The Bertz CT molecular complexity index is 580. The first-order valence-corrected chi connectivity index (χ1v) is 8.08. The first-order valence-electron chi connectivity index (χ1n) is 8.08. The van der Waals surface area contributed by atoms with Gasteiger partial charge in [0.2, 0.25) is 0 Å². The number of amides is 1. The van der Waals surface area contributed by atoms with Crippen LogP contribution >= 0.6 is 0 Å². The van der Waals surface area contributed by atoms with Gasteiger partial charge in [0.25, 0.3) is 5.91 Å². The zero-order valence-electron chi connectivity index (χ0n) is 13.2. The van der Waals surface area contributed by atoms with Gasteiger partial charge in [0.15, 0.2) is 18.1 Å². The molecule has 1 aromatic rings. The number of aromatic nitrogens is 1. The van der Waals surface area contributed by atoms with E-state index in [0.717, 1.165) is 25.9 Å². The molecule has 1 N–H and O–H groups in total. The normalized spacial score (nSPS) is 24.4. The van der Waals surface area contributed by atoms with Gasteiger partial charge in [0, 0.05) is 19.3 Å². The summed E-state index contributed by atoms with van der Waals surface area (Å²) in [5.74, 6) is 0.645. The standard InChI is InChI=1S/C16H20F3N3O2/c17-16(18,19)10-24-13-2-1-5-21-14(13)15(23)22-6-3-11-8-20-9-12(11)4-7-22/h1-2,5,11-12,20H,3-4,6-10H2/t11-,12+. The number of fused-ring (bicyclic) bond motifs is 1. The molecule has 0 aromatic carbocycles. The average Bonchev–Trinajstić information content (AvgIpc) is 2.90. The van der Waals surface area contributed by atoms with E-state index >= 15 is 0 Å². The summed E-state index contributed by atoms with van der Waals surface area (Å²) in [6, 6.07) is 2.81. The molecule has 2 atom stereocenters. The summed E-state index contributed by atoms with van der Waals surface area (Å²) in [5.41, 5.74) is -0.0491. The number of rotatable bonds is 3. The van der Waals surface area contributed by atoms with Crippen LogP contribution in [-0.4, -0.2) is 54.8 Å². The van der Waals surface area contributed by atoms with Crippen molar-refractivity contribution >= 4 is 5.91 Å². The molecule has 2 fully saturated rings. The van der Waals surface area contributed by atoms with Gasteiger partial charge in [-0.3, -0.25) is 4.79 Å². The molecule has 0 spiro atoms. The van der Waals surface area contributed by atoms with Gasteiger partial charge in [-0.05, 0) is 49.9 Å². The Labute approximate surface area is 138 Å². The van der Waals surface area contributed by atoms with Crippen LogP contribution in [0.4, 0.5) is 13.2 Å². The molecule has 1 amide bonds. The number of hydrogen-bond donors (Lipinski definition) is 1. The quantitative estimate of drug-likeness (QED) is 0.913. The maximum Gasteiger partial charge on any atom is 0.422 e. The van der Waals surface area contributed by atoms with E-state index in [2.05, 4.69) is 10.3 Å². The average molecular weight is 343 g/mol. The van der Waals surface area contributed by atoms with Crippen molar-refractivity contribution in [3.8, 4) is 5.75 Å². The Morgan fingerprint density at radius 1 is 1.29 bits per heavy atom. The molecule has 0 aliphatic carbocycles. The maximum absolute atomic E-state index is 12.7. The molecule has 3 rings (SSSR count). The molecule has 0 saturated carbocycles. The molecule has 1 aromatic heterocycles. The third-order valence-corrected chi connectivity index (χ3v) is 4.67. The molecular formula is C16H20F3N3O2. The fourth-order valence-electron chi connectivity index (χ4n) is 3.40. The Morgan fingerprint density at radius 3 is 2.58 bits per heavy atom. The number of halogens is 3. The summed E-state index contributed by atoms with van der Waals surface area (Å²) < 4.78 is 41.9. The molecule has 0 unspecified atom stereocenters. The van der Waals surface area contributed by atoms with Crippen LogP contribution in [0.25, 0.3) is 0 Å². The van der Waals surface area contributed by atoms with Gasteiger partial charge in [-0.1, -0.05) is 0 Å². The minimum atomic E-state index is -4.46. The molecule has 2 saturated heterocycles. The first kappa shape index (κ1) is 17.0. The number of alkyl halides is 3. The number of pyridine rings is 1. The predicted molar refractivity (Wildman–Crippen MR) is 80.8 cm³/mol. The Morgan fingerprint density at radius 2 is 1.96 bits per heavy atom. The van der Waals surface area contributed by atoms with Crippen LogP contribution in [0.5, 0.6) is 5.75 Å². The van der Waals surface area contributed by atoms with Crippen LogP contribution < -0.4 is 10.1 Å². The summed E-state index contributed by atoms with van der Waals surface area (Å²) in [5, 5.41) is 3.37. The lowest BCUT2D eigenvalue weighted by Crippen LogP contribution is -2.34. The number of likely N-dealkylation sites (tertiary alicyclic amines) is 1. The van der Waals surface area contributed by atoms with Crippen molar-refractivity contribution in [1.82, 2.24) is 15.2 Å². The van der Waals surface area contributed by atoms with Gasteiger partial charge in [0.1, 0.15) is 0 Å². The van der Waals surface area contributed by atoms with Crippen molar-refractivity contribution in [2.24, 2.45) is 11.8 Å². The van der Waals surface area contributed by atoms with E-state index in [0.29, 0.717) is 24.9 Å². The molecule has 0 radical (unpaired) electrons. The minimum Gasteiger partial charge on any atom is -0.482 e. The van der Waals surface area contributed by atoms with Crippen molar-refractivity contribution in [3.63, 3.8) is 0 Å². The predicted octanol–water partition coefficient (Wildman–Crippen LogP) is 2.09.